The van der Waals surface area contributed by atoms with Crippen molar-refractivity contribution in [3.63, 3.8) is 0 Å². The summed E-state index contributed by atoms with van der Waals surface area (Å²) in [6.07, 6.45) is 6.50. The molecule has 4 heterocycles. The highest BCUT2D eigenvalue weighted by molar-refractivity contribution is 5.06. The zero-order valence-electron chi connectivity index (χ0n) is 11.6. The lowest BCUT2D eigenvalue weighted by atomic mass is 9.89. The molecule has 20 heavy (non-hydrogen) atoms. The number of nitrogens with one attached hydrogen (secondary N) is 1. The quantitative estimate of drug-likeness (QED) is 0.898. The van der Waals surface area contributed by atoms with Gasteiger partial charge in [0.1, 0.15) is 6.61 Å². The molecule has 3 unspecified atom stereocenters. The van der Waals surface area contributed by atoms with Gasteiger partial charge in [-0.15, -0.1) is 0 Å². The van der Waals surface area contributed by atoms with Crippen LogP contribution in [0, 0.1) is 0 Å². The molecule has 3 aliphatic heterocycles. The Bertz CT molecular complexity index is 458. The molecule has 0 aliphatic carbocycles. The molecule has 3 atom stereocenters. The second-order valence-corrected chi connectivity index (χ2v) is 6.02. The molecule has 3 aliphatic rings. The standard InChI is InChI=1S/C14H21N3O3/c1-2-12-11(7-10(1)19-12)14-16-13(20-17-14)8-18-9-3-5-15-6-4-9/h9-12,15H,1-8H2. The minimum absolute atomic E-state index is 0.302. The zero-order valence-corrected chi connectivity index (χ0v) is 11.6. The molecule has 4 rings (SSSR count). The number of aromatic nitrogens is 2. The summed E-state index contributed by atoms with van der Waals surface area (Å²) in [5, 5.41) is 7.45. The van der Waals surface area contributed by atoms with Crippen LogP contribution in [-0.2, 0) is 16.1 Å². The molecule has 3 fully saturated rings. The lowest BCUT2D eigenvalue weighted by Crippen LogP contribution is -2.32. The lowest BCUT2D eigenvalue weighted by molar-refractivity contribution is 0.00859. The Hall–Kier alpha value is -0.980. The first kappa shape index (κ1) is 12.7. The Labute approximate surface area is 118 Å². The second kappa shape index (κ2) is 5.42. The molecule has 1 aromatic heterocycles. The van der Waals surface area contributed by atoms with Crippen molar-refractivity contribution in [1.82, 2.24) is 15.5 Å². The van der Waals surface area contributed by atoms with Gasteiger partial charge in [0.25, 0.3) is 5.89 Å². The van der Waals surface area contributed by atoms with Crippen LogP contribution in [0.1, 0.15) is 49.7 Å². The van der Waals surface area contributed by atoms with Crippen LogP contribution in [0.2, 0.25) is 0 Å². The fourth-order valence-corrected chi connectivity index (χ4v) is 3.54. The predicted octanol–water partition coefficient (Wildman–Crippen LogP) is 1.37. The van der Waals surface area contributed by atoms with E-state index in [1.165, 1.54) is 6.42 Å². The fourth-order valence-electron chi connectivity index (χ4n) is 3.54. The molecule has 0 amide bonds. The van der Waals surface area contributed by atoms with Gasteiger partial charge in [0.05, 0.1) is 24.2 Å². The second-order valence-electron chi connectivity index (χ2n) is 6.02. The highest BCUT2D eigenvalue weighted by Crippen LogP contribution is 2.43. The third-order valence-electron chi connectivity index (χ3n) is 4.65. The summed E-state index contributed by atoms with van der Waals surface area (Å²) in [7, 11) is 0. The molecule has 0 radical (unpaired) electrons. The van der Waals surface area contributed by atoms with Crippen molar-refractivity contribution >= 4 is 0 Å². The maximum absolute atomic E-state index is 5.84. The highest BCUT2D eigenvalue weighted by atomic mass is 16.5. The van der Waals surface area contributed by atoms with Crippen LogP contribution < -0.4 is 5.32 Å². The van der Waals surface area contributed by atoms with Crippen molar-refractivity contribution in [2.75, 3.05) is 13.1 Å². The smallest absolute Gasteiger partial charge is 0.252 e. The summed E-state index contributed by atoms with van der Waals surface area (Å²) in [6.45, 7) is 2.49. The molecule has 0 aromatic carbocycles. The molecule has 0 saturated carbocycles. The van der Waals surface area contributed by atoms with Gasteiger partial charge in [-0.3, -0.25) is 0 Å². The van der Waals surface area contributed by atoms with Crippen LogP contribution in [-0.4, -0.2) is 41.5 Å². The normalized spacial score (nSPS) is 33.9. The summed E-state index contributed by atoms with van der Waals surface area (Å²) < 4.78 is 17.0. The first-order valence-electron chi connectivity index (χ1n) is 7.69. The van der Waals surface area contributed by atoms with E-state index in [2.05, 4.69) is 15.5 Å². The van der Waals surface area contributed by atoms with Crippen LogP contribution in [0.4, 0.5) is 0 Å². The van der Waals surface area contributed by atoms with E-state index in [0.29, 0.717) is 36.7 Å². The van der Waals surface area contributed by atoms with Crippen molar-refractivity contribution in [3.05, 3.63) is 11.7 Å². The average molecular weight is 279 g/mol. The molecular formula is C14H21N3O3. The first-order valence-corrected chi connectivity index (χ1v) is 7.69. The number of piperidine rings is 1. The number of nitrogens with zero attached hydrogens (tertiary/aromatic N) is 2. The van der Waals surface area contributed by atoms with E-state index < -0.39 is 0 Å². The van der Waals surface area contributed by atoms with Gasteiger partial charge in [-0.25, -0.2) is 0 Å². The molecule has 3 saturated heterocycles. The van der Waals surface area contributed by atoms with Crippen LogP contribution in [0.3, 0.4) is 0 Å². The summed E-state index contributed by atoms with van der Waals surface area (Å²) >= 11 is 0. The zero-order chi connectivity index (χ0) is 13.4. The molecular weight excluding hydrogens is 258 g/mol. The third kappa shape index (κ3) is 2.47. The van der Waals surface area contributed by atoms with Crippen molar-refractivity contribution in [2.24, 2.45) is 0 Å². The Morgan fingerprint density at radius 3 is 2.85 bits per heavy atom. The largest absolute Gasteiger partial charge is 0.374 e. The van der Waals surface area contributed by atoms with Crippen molar-refractivity contribution < 1.29 is 14.0 Å². The number of rotatable bonds is 4. The van der Waals surface area contributed by atoms with E-state index in [4.69, 9.17) is 14.0 Å². The van der Waals surface area contributed by atoms with E-state index in [1.807, 2.05) is 0 Å². The number of hydrogen-bond acceptors (Lipinski definition) is 6. The summed E-state index contributed by atoms with van der Waals surface area (Å²) in [4.78, 5) is 4.50. The topological polar surface area (TPSA) is 69.4 Å². The number of ether oxygens (including phenoxy) is 2. The van der Waals surface area contributed by atoms with E-state index in [-0.39, 0.29) is 0 Å². The van der Waals surface area contributed by atoms with E-state index in [9.17, 15) is 0 Å². The van der Waals surface area contributed by atoms with E-state index in [0.717, 1.165) is 44.6 Å². The summed E-state index contributed by atoms with van der Waals surface area (Å²) in [6, 6.07) is 0. The fraction of sp³-hybridized carbons (Fsp3) is 0.857. The van der Waals surface area contributed by atoms with Crippen LogP contribution in [0.5, 0.6) is 0 Å². The number of hydrogen-bond donors (Lipinski definition) is 1. The molecule has 1 aromatic rings. The molecule has 0 spiro atoms. The van der Waals surface area contributed by atoms with E-state index in [1.54, 1.807) is 0 Å². The maximum Gasteiger partial charge on any atom is 0.252 e. The Kier molecular flexibility index (Phi) is 3.45. The van der Waals surface area contributed by atoms with Crippen LogP contribution in [0.15, 0.2) is 4.52 Å². The third-order valence-corrected chi connectivity index (χ3v) is 4.65. The van der Waals surface area contributed by atoms with Gasteiger partial charge in [-0.1, -0.05) is 5.16 Å². The van der Waals surface area contributed by atoms with Gasteiger partial charge in [-0.05, 0) is 45.2 Å². The van der Waals surface area contributed by atoms with Gasteiger partial charge in [0.2, 0.25) is 0 Å². The predicted molar refractivity (Wildman–Crippen MR) is 70.2 cm³/mol. The van der Waals surface area contributed by atoms with Crippen molar-refractivity contribution in [1.29, 1.82) is 0 Å². The van der Waals surface area contributed by atoms with Gasteiger partial charge in [-0.2, -0.15) is 4.98 Å². The molecule has 1 N–H and O–H groups in total. The van der Waals surface area contributed by atoms with Gasteiger partial charge in [0, 0.05) is 0 Å². The van der Waals surface area contributed by atoms with Crippen LogP contribution >= 0.6 is 0 Å². The highest BCUT2D eigenvalue weighted by Gasteiger charge is 2.43. The molecule has 6 nitrogen and oxygen atoms in total. The lowest BCUT2D eigenvalue weighted by Gasteiger charge is -2.22. The van der Waals surface area contributed by atoms with Crippen LogP contribution in [0.25, 0.3) is 0 Å². The van der Waals surface area contributed by atoms with Crippen molar-refractivity contribution in [3.8, 4) is 0 Å². The molecule has 2 bridgehead atoms. The first-order chi connectivity index (χ1) is 9.88. The summed E-state index contributed by atoms with van der Waals surface area (Å²) in [5.41, 5.74) is 0. The van der Waals surface area contributed by atoms with E-state index >= 15 is 0 Å². The minimum Gasteiger partial charge on any atom is -0.374 e. The molecule has 6 heteroatoms. The Morgan fingerprint density at radius 1 is 1.20 bits per heavy atom. The Morgan fingerprint density at radius 2 is 2.10 bits per heavy atom. The average Bonchev–Trinajstić information content (AvgIpc) is 3.22. The van der Waals surface area contributed by atoms with Crippen molar-refractivity contribution in [2.45, 2.75) is 62.9 Å². The summed E-state index contributed by atoms with van der Waals surface area (Å²) in [5.74, 6) is 1.73. The Balaban J connectivity index is 1.33. The maximum atomic E-state index is 5.84. The van der Waals surface area contributed by atoms with Gasteiger partial charge >= 0.3 is 0 Å². The van der Waals surface area contributed by atoms with Gasteiger partial charge < -0.3 is 19.3 Å². The minimum atomic E-state index is 0.302. The molecule has 110 valence electrons. The monoisotopic (exact) mass is 279 g/mol. The number of fused-ring (bicyclic) bond motifs is 2. The van der Waals surface area contributed by atoms with Gasteiger partial charge in [0.15, 0.2) is 5.82 Å². The SMILES string of the molecule is C1CC(OCc2nc(C3CC4CCC3O4)no2)CCN1.